The highest BCUT2D eigenvalue weighted by molar-refractivity contribution is 6.39. The number of carbonyl (C=O) groups is 3. The minimum absolute atomic E-state index is 0.0994. The fourth-order valence-electron chi connectivity index (χ4n) is 3.82. The number of barbiturate groups is 1. The summed E-state index contributed by atoms with van der Waals surface area (Å²) in [6.07, 6.45) is 4.50. The molecule has 4 rings (SSSR count). The van der Waals surface area contributed by atoms with Crippen LogP contribution in [0.15, 0.2) is 54.4 Å². The molecule has 3 aromatic rings. The summed E-state index contributed by atoms with van der Waals surface area (Å²) >= 11 is 0. The lowest BCUT2D eigenvalue weighted by atomic mass is 10.1. The summed E-state index contributed by atoms with van der Waals surface area (Å²) in [7, 11) is 0. The van der Waals surface area contributed by atoms with E-state index in [0.29, 0.717) is 5.69 Å². The average molecular weight is 414 g/mol. The molecule has 7 heteroatoms. The van der Waals surface area contributed by atoms with Gasteiger partial charge in [-0.3, -0.25) is 19.9 Å². The lowest BCUT2D eigenvalue weighted by molar-refractivity contribution is -0.122. The number of hydrogen-bond donors (Lipinski definition) is 1. The summed E-state index contributed by atoms with van der Waals surface area (Å²) in [6.45, 7) is 8.05. The Balaban J connectivity index is 1.79. The van der Waals surface area contributed by atoms with Crippen molar-refractivity contribution < 1.29 is 14.4 Å². The van der Waals surface area contributed by atoms with Gasteiger partial charge in [-0.2, -0.15) is 0 Å². The Bertz CT molecular complexity index is 1260. The number of carbonyl (C=O) groups excluding carboxylic acids is 3. The van der Waals surface area contributed by atoms with Crippen LogP contribution in [-0.4, -0.2) is 27.4 Å². The van der Waals surface area contributed by atoms with Crippen LogP contribution >= 0.6 is 0 Å². The van der Waals surface area contributed by atoms with Crippen LogP contribution in [0.4, 0.5) is 10.5 Å². The molecule has 0 saturated carbocycles. The molecule has 1 N–H and O–H groups in total. The minimum atomic E-state index is -0.779. The van der Waals surface area contributed by atoms with Gasteiger partial charge in [0.15, 0.2) is 0 Å². The number of nitrogens with one attached hydrogen (secondary N) is 1. The zero-order valence-electron chi connectivity index (χ0n) is 17.8. The number of pyridine rings is 1. The van der Waals surface area contributed by atoms with Crippen molar-refractivity contribution in [2.75, 3.05) is 4.90 Å². The molecule has 0 radical (unpaired) electrons. The zero-order chi connectivity index (χ0) is 22.3. The van der Waals surface area contributed by atoms with E-state index in [0.717, 1.165) is 33.1 Å². The maximum absolute atomic E-state index is 13.1. The van der Waals surface area contributed by atoms with Crippen molar-refractivity contribution >= 4 is 29.6 Å². The third-order valence-electron chi connectivity index (χ3n) is 5.61. The topological polar surface area (TPSA) is 84.3 Å². The molecule has 1 aromatic carbocycles. The van der Waals surface area contributed by atoms with Gasteiger partial charge in [0.25, 0.3) is 11.8 Å². The van der Waals surface area contributed by atoms with E-state index < -0.39 is 17.8 Å². The summed E-state index contributed by atoms with van der Waals surface area (Å²) in [5.74, 6) is -1.38. The van der Waals surface area contributed by atoms with E-state index in [1.807, 2.05) is 32.0 Å². The van der Waals surface area contributed by atoms with Crippen LogP contribution in [0.25, 0.3) is 11.8 Å². The Morgan fingerprint density at radius 3 is 2.39 bits per heavy atom. The monoisotopic (exact) mass is 414 g/mol. The maximum atomic E-state index is 13.1. The molecule has 31 heavy (non-hydrogen) atoms. The van der Waals surface area contributed by atoms with Gasteiger partial charge in [-0.25, -0.2) is 9.69 Å². The van der Waals surface area contributed by atoms with Gasteiger partial charge < -0.3 is 4.57 Å². The quantitative estimate of drug-likeness (QED) is 0.522. The fourth-order valence-corrected chi connectivity index (χ4v) is 3.82. The summed E-state index contributed by atoms with van der Waals surface area (Å²) in [6, 6.07) is 10.3. The maximum Gasteiger partial charge on any atom is 0.335 e. The fraction of sp³-hybridized carbons (Fsp3) is 0.167. The molecule has 0 bridgehead atoms. The Labute approximate surface area is 180 Å². The Morgan fingerprint density at radius 1 is 0.968 bits per heavy atom. The standard InChI is InChI=1S/C24H22N4O3/c1-14-6-5-7-21(16(14)3)27-15(2)12-18(17(27)4)13-20-22(29)26-24(31)28(23(20)30)19-8-10-25-11-9-19/h5-13H,1-4H3,(H,26,29,31)/b20-13+. The van der Waals surface area contributed by atoms with Gasteiger partial charge >= 0.3 is 6.03 Å². The number of anilines is 1. The molecule has 1 fully saturated rings. The number of aryl methyl sites for hydroxylation is 2. The molecular formula is C24H22N4O3. The van der Waals surface area contributed by atoms with Crippen molar-refractivity contribution in [1.82, 2.24) is 14.9 Å². The second-order valence-electron chi connectivity index (χ2n) is 7.54. The number of rotatable bonds is 3. The van der Waals surface area contributed by atoms with E-state index in [1.54, 1.807) is 6.08 Å². The highest BCUT2D eigenvalue weighted by Gasteiger charge is 2.37. The number of urea groups is 1. The zero-order valence-corrected chi connectivity index (χ0v) is 17.8. The molecule has 0 aliphatic carbocycles. The number of benzene rings is 1. The SMILES string of the molecule is Cc1cccc(-n2c(C)cc(/C=C3\C(=O)NC(=O)N(c4ccncc4)C3=O)c2C)c1C. The molecule has 4 amide bonds. The normalized spacial score (nSPS) is 15.5. The van der Waals surface area contributed by atoms with E-state index in [1.165, 1.54) is 30.1 Å². The van der Waals surface area contributed by atoms with Crippen LogP contribution < -0.4 is 10.2 Å². The van der Waals surface area contributed by atoms with Gasteiger partial charge in [0.2, 0.25) is 0 Å². The third kappa shape index (κ3) is 3.44. The number of imide groups is 2. The predicted molar refractivity (Wildman–Crippen MR) is 118 cm³/mol. The van der Waals surface area contributed by atoms with Crippen LogP contribution in [0.5, 0.6) is 0 Å². The molecule has 0 atom stereocenters. The van der Waals surface area contributed by atoms with Gasteiger partial charge in [-0.05, 0) is 74.7 Å². The van der Waals surface area contributed by atoms with Crippen molar-refractivity contribution in [2.45, 2.75) is 27.7 Å². The van der Waals surface area contributed by atoms with E-state index in [4.69, 9.17) is 0 Å². The van der Waals surface area contributed by atoms with Gasteiger partial charge in [0, 0.05) is 29.5 Å². The first-order valence-corrected chi connectivity index (χ1v) is 9.86. The first-order chi connectivity index (χ1) is 14.8. The van der Waals surface area contributed by atoms with Crippen LogP contribution in [0.1, 0.15) is 28.1 Å². The highest BCUT2D eigenvalue weighted by Crippen LogP contribution is 2.27. The Hall–Kier alpha value is -4.00. The van der Waals surface area contributed by atoms with Crippen LogP contribution in [0, 0.1) is 27.7 Å². The summed E-state index contributed by atoms with van der Waals surface area (Å²) in [4.78, 5) is 42.7. The van der Waals surface area contributed by atoms with Crippen molar-refractivity contribution in [3.05, 3.63) is 82.4 Å². The molecule has 1 aliphatic heterocycles. The first kappa shape index (κ1) is 20.3. The van der Waals surface area contributed by atoms with Crippen molar-refractivity contribution in [3.8, 4) is 5.69 Å². The van der Waals surface area contributed by atoms with Gasteiger partial charge in [-0.15, -0.1) is 0 Å². The van der Waals surface area contributed by atoms with Crippen LogP contribution in [-0.2, 0) is 9.59 Å². The second kappa shape index (κ2) is 7.68. The van der Waals surface area contributed by atoms with E-state index >= 15 is 0 Å². The molecule has 156 valence electrons. The number of nitrogens with zero attached hydrogens (tertiary/aromatic N) is 3. The predicted octanol–water partition coefficient (Wildman–Crippen LogP) is 3.77. The summed E-state index contributed by atoms with van der Waals surface area (Å²) in [5, 5.41) is 2.25. The Kier molecular flexibility index (Phi) is 5.02. The molecule has 7 nitrogen and oxygen atoms in total. The first-order valence-electron chi connectivity index (χ1n) is 9.86. The average Bonchev–Trinajstić information content (AvgIpc) is 3.01. The van der Waals surface area contributed by atoms with E-state index in [2.05, 4.69) is 34.8 Å². The lowest BCUT2D eigenvalue weighted by Gasteiger charge is -2.26. The number of hydrogen-bond acceptors (Lipinski definition) is 4. The van der Waals surface area contributed by atoms with Crippen molar-refractivity contribution in [2.24, 2.45) is 0 Å². The number of aromatic nitrogens is 2. The highest BCUT2D eigenvalue weighted by atomic mass is 16.2. The van der Waals surface area contributed by atoms with E-state index in [9.17, 15) is 14.4 Å². The molecule has 1 aliphatic rings. The largest absolute Gasteiger partial charge is 0.335 e. The summed E-state index contributed by atoms with van der Waals surface area (Å²) in [5.41, 5.74) is 6.24. The van der Waals surface area contributed by atoms with Gasteiger partial charge in [0.1, 0.15) is 5.57 Å². The lowest BCUT2D eigenvalue weighted by Crippen LogP contribution is -2.54. The third-order valence-corrected chi connectivity index (χ3v) is 5.61. The smallest absolute Gasteiger partial charge is 0.318 e. The molecule has 1 saturated heterocycles. The van der Waals surface area contributed by atoms with Gasteiger partial charge in [0.05, 0.1) is 5.69 Å². The Morgan fingerprint density at radius 2 is 1.68 bits per heavy atom. The molecule has 2 aromatic heterocycles. The molecule has 3 heterocycles. The van der Waals surface area contributed by atoms with Crippen molar-refractivity contribution in [1.29, 1.82) is 0 Å². The van der Waals surface area contributed by atoms with Crippen LogP contribution in [0.3, 0.4) is 0 Å². The minimum Gasteiger partial charge on any atom is -0.318 e. The summed E-state index contributed by atoms with van der Waals surface area (Å²) < 4.78 is 2.10. The second-order valence-corrected chi connectivity index (χ2v) is 7.54. The van der Waals surface area contributed by atoms with Gasteiger partial charge in [-0.1, -0.05) is 12.1 Å². The number of amides is 4. The molecular weight excluding hydrogens is 392 g/mol. The van der Waals surface area contributed by atoms with E-state index in [-0.39, 0.29) is 5.57 Å². The van der Waals surface area contributed by atoms with Crippen LogP contribution in [0.2, 0.25) is 0 Å². The molecule has 0 spiro atoms. The van der Waals surface area contributed by atoms with Crippen molar-refractivity contribution in [3.63, 3.8) is 0 Å². The molecule has 0 unspecified atom stereocenters.